The van der Waals surface area contributed by atoms with E-state index >= 15 is 0 Å². The molecule has 9 heteroatoms. The highest BCUT2D eigenvalue weighted by molar-refractivity contribution is 6.31. The first-order valence-corrected chi connectivity index (χ1v) is 10.7. The average molecular weight is 443 g/mol. The van der Waals surface area contributed by atoms with Crippen molar-refractivity contribution in [3.8, 4) is 5.75 Å². The predicted octanol–water partition coefficient (Wildman–Crippen LogP) is -0.0581. The number of ether oxygens (including phenoxy) is 1. The van der Waals surface area contributed by atoms with E-state index in [9.17, 15) is 34.2 Å². The monoisotopic (exact) mass is 443 g/mol. The molecule has 32 heavy (non-hydrogen) atoms. The molecule has 0 heterocycles. The molecule has 2 fully saturated rings. The number of carbonyl (C=O) groups excluding carboxylic acids is 5. The standard InChI is InChI=1S/C23H25NO8/c1-3-7-32-13-6-4-5-10-9(2)14-17(19(27)15(10)13)21(29)23(31)11(18(14)26)8-12(25)16(20(23)28)22(24)30/h4-6,9,11,14,16-18,26,31H,3,7-8H2,1-2H3,(H2,24,30)/t9-,11+,14+,16?,17?,18+,23+/m0/s1. The van der Waals surface area contributed by atoms with Gasteiger partial charge in [-0.25, -0.2) is 0 Å². The molecule has 7 atom stereocenters. The van der Waals surface area contributed by atoms with Crippen LogP contribution >= 0.6 is 0 Å². The SMILES string of the molecule is CCCOc1cccc2c1C(=O)C1C(=O)[C@]3(O)C(=O)C(C(N)=O)C(=O)C[C@@H]3[C@@H](O)[C@@H]1[C@H]2C. The highest BCUT2D eigenvalue weighted by Crippen LogP contribution is 2.53. The fourth-order valence-electron chi connectivity index (χ4n) is 5.63. The van der Waals surface area contributed by atoms with Gasteiger partial charge in [0.05, 0.1) is 24.2 Å². The number of fused-ring (bicyclic) bond motifs is 3. The second kappa shape index (κ2) is 7.60. The molecule has 1 aromatic rings. The summed E-state index contributed by atoms with van der Waals surface area (Å²) in [6, 6.07) is 5.03. The highest BCUT2D eigenvalue weighted by Gasteiger charge is 2.69. The molecule has 3 aliphatic rings. The molecule has 0 aromatic heterocycles. The van der Waals surface area contributed by atoms with Crippen LogP contribution in [0.15, 0.2) is 18.2 Å². The molecule has 4 N–H and O–H groups in total. The number of Topliss-reactive ketones (excluding diaryl/α,β-unsaturated/α-hetero) is 4. The molecule has 3 aliphatic carbocycles. The number of aliphatic hydroxyl groups is 2. The number of hydrogen-bond acceptors (Lipinski definition) is 8. The molecule has 2 saturated carbocycles. The van der Waals surface area contributed by atoms with E-state index in [1.165, 1.54) is 0 Å². The fraction of sp³-hybridized carbons (Fsp3) is 0.522. The molecule has 9 nitrogen and oxygen atoms in total. The summed E-state index contributed by atoms with van der Waals surface area (Å²) in [6.07, 6.45) is -1.38. The summed E-state index contributed by atoms with van der Waals surface area (Å²) in [4.78, 5) is 64.1. The maximum atomic E-state index is 13.5. The first-order chi connectivity index (χ1) is 15.1. The third-order valence-electron chi connectivity index (χ3n) is 7.17. The van der Waals surface area contributed by atoms with Crippen molar-refractivity contribution in [3.63, 3.8) is 0 Å². The van der Waals surface area contributed by atoms with Crippen LogP contribution < -0.4 is 10.5 Å². The fourth-order valence-corrected chi connectivity index (χ4v) is 5.63. The van der Waals surface area contributed by atoms with Crippen LogP contribution in [0.25, 0.3) is 0 Å². The van der Waals surface area contributed by atoms with Crippen molar-refractivity contribution >= 4 is 29.0 Å². The van der Waals surface area contributed by atoms with E-state index in [-0.39, 0.29) is 11.3 Å². The van der Waals surface area contributed by atoms with Gasteiger partial charge in [0, 0.05) is 18.3 Å². The normalized spacial score (nSPS) is 36.2. The van der Waals surface area contributed by atoms with Crippen LogP contribution in [0.3, 0.4) is 0 Å². The first kappa shape index (κ1) is 22.3. The predicted molar refractivity (Wildman–Crippen MR) is 109 cm³/mol. The van der Waals surface area contributed by atoms with Crippen molar-refractivity contribution in [1.29, 1.82) is 0 Å². The summed E-state index contributed by atoms with van der Waals surface area (Å²) in [5.41, 5.74) is 3.10. The maximum absolute atomic E-state index is 13.5. The zero-order chi connectivity index (χ0) is 23.5. The van der Waals surface area contributed by atoms with Crippen LogP contribution in [0, 0.1) is 23.7 Å². The Bertz CT molecular complexity index is 1050. The van der Waals surface area contributed by atoms with Gasteiger partial charge in [0.1, 0.15) is 5.75 Å². The minimum Gasteiger partial charge on any atom is -0.493 e. The second-order valence-electron chi connectivity index (χ2n) is 8.87. The molecule has 0 bridgehead atoms. The van der Waals surface area contributed by atoms with Crippen molar-refractivity contribution in [3.05, 3.63) is 29.3 Å². The van der Waals surface area contributed by atoms with Crippen molar-refractivity contribution in [2.24, 2.45) is 29.4 Å². The van der Waals surface area contributed by atoms with Gasteiger partial charge in [0.2, 0.25) is 5.91 Å². The van der Waals surface area contributed by atoms with Gasteiger partial charge in [-0.1, -0.05) is 26.0 Å². The number of aliphatic hydroxyl groups excluding tert-OH is 1. The summed E-state index contributed by atoms with van der Waals surface area (Å²) < 4.78 is 5.70. The number of amides is 1. The number of benzene rings is 1. The van der Waals surface area contributed by atoms with Crippen molar-refractivity contribution in [2.45, 2.75) is 44.3 Å². The lowest BCUT2D eigenvalue weighted by Crippen LogP contribution is -2.72. The van der Waals surface area contributed by atoms with Gasteiger partial charge in [-0.05, 0) is 24.0 Å². The third-order valence-corrected chi connectivity index (χ3v) is 7.17. The molecule has 0 saturated heterocycles. The number of primary amides is 1. The van der Waals surface area contributed by atoms with E-state index in [0.29, 0.717) is 18.6 Å². The van der Waals surface area contributed by atoms with E-state index in [4.69, 9.17) is 10.5 Å². The Hall–Kier alpha value is -2.91. The lowest BCUT2D eigenvalue weighted by molar-refractivity contribution is -0.189. The van der Waals surface area contributed by atoms with E-state index < -0.39 is 76.8 Å². The van der Waals surface area contributed by atoms with Crippen LogP contribution in [0.2, 0.25) is 0 Å². The van der Waals surface area contributed by atoms with Gasteiger partial charge >= 0.3 is 0 Å². The molecule has 1 aromatic carbocycles. The Labute approximate surface area is 183 Å². The molecule has 4 rings (SSSR count). The lowest BCUT2D eigenvalue weighted by Gasteiger charge is -2.52. The summed E-state index contributed by atoms with van der Waals surface area (Å²) in [5, 5.41) is 22.4. The number of rotatable bonds is 4. The maximum Gasteiger partial charge on any atom is 0.235 e. The smallest absolute Gasteiger partial charge is 0.235 e. The minimum absolute atomic E-state index is 0.183. The second-order valence-corrected chi connectivity index (χ2v) is 8.87. The molecular formula is C23H25NO8. The molecule has 170 valence electrons. The molecule has 0 radical (unpaired) electrons. The zero-order valence-electron chi connectivity index (χ0n) is 17.7. The molecule has 0 aliphatic heterocycles. The van der Waals surface area contributed by atoms with Crippen LogP contribution in [0.4, 0.5) is 0 Å². The lowest BCUT2D eigenvalue weighted by atomic mass is 9.50. The molecule has 0 spiro atoms. The number of hydrogen-bond donors (Lipinski definition) is 3. The molecule has 1 amide bonds. The van der Waals surface area contributed by atoms with Crippen molar-refractivity contribution in [2.75, 3.05) is 6.61 Å². The van der Waals surface area contributed by atoms with Gasteiger partial charge in [0.15, 0.2) is 34.7 Å². The topological polar surface area (TPSA) is 161 Å². The number of ketones is 4. The first-order valence-electron chi connectivity index (χ1n) is 10.7. The van der Waals surface area contributed by atoms with Gasteiger partial charge in [-0.15, -0.1) is 0 Å². The Morgan fingerprint density at radius 1 is 1.22 bits per heavy atom. The van der Waals surface area contributed by atoms with Crippen molar-refractivity contribution in [1.82, 2.24) is 0 Å². The highest BCUT2D eigenvalue weighted by atomic mass is 16.5. The zero-order valence-corrected chi connectivity index (χ0v) is 17.7. The largest absolute Gasteiger partial charge is 0.493 e. The third kappa shape index (κ3) is 2.80. The van der Waals surface area contributed by atoms with Gasteiger partial charge in [-0.3, -0.25) is 24.0 Å². The number of nitrogens with two attached hydrogens (primary N) is 1. The summed E-state index contributed by atoms with van der Waals surface area (Å²) in [7, 11) is 0. The Morgan fingerprint density at radius 3 is 2.53 bits per heavy atom. The summed E-state index contributed by atoms with van der Waals surface area (Å²) >= 11 is 0. The van der Waals surface area contributed by atoms with Gasteiger partial charge in [-0.2, -0.15) is 0 Å². The van der Waals surface area contributed by atoms with Crippen LogP contribution in [0.1, 0.15) is 48.5 Å². The van der Waals surface area contributed by atoms with Crippen LogP contribution in [-0.2, 0) is 19.2 Å². The van der Waals surface area contributed by atoms with Gasteiger partial charge in [0.25, 0.3) is 0 Å². The minimum atomic E-state index is -2.85. The Balaban J connectivity index is 1.86. The van der Waals surface area contributed by atoms with E-state index in [1.807, 2.05) is 6.92 Å². The van der Waals surface area contributed by atoms with E-state index in [0.717, 1.165) is 0 Å². The Morgan fingerprint density at radius 2 is 1.91 bits per heavy atom. The molecular weight excluding hydrogens is 418 g/mol. The summed E-state index contributed by atoms with van der Waals surface area (Å²) in [5.74, 6) is -11.4. The van der Waals surface area contributed by atoms with Gasteiger partial charge < -0.3 is 20.7 Å². The quantitative estimate of drug-likeness (QED) is 0.546. The van der Waals surface area contributed by atoms with E-state index in [1.54, 1.807) is 25.1 Å². The van der Waals surface area contributed by atoms with Crippen LogP contribution in [0.5, 0.6) is 5.75 Å². The summed E-state index contributed by atoms with van der Waals surface area (Å²) in [6.45, 7) is 3.99. The Kier molecular flexibility index (Phi) is 5.29. The molecule has 2 unspecified atom stereocenters. The van der Waals surface area contributed by atoms with Crippen molar-refractivity contribution < 1.29 is 38.9 Å². The van der Waals surface area contributed by atoms with Crippen LogP contribution in [-0.4, -0.2) is 57.6 Å². The number of carbonyl (C=O) groups is 5. The average Bonchev–Trinajstić information content (AvgIpc) is 2.74. The van der Waals surface area contributed by atoms with E-state index in [2.05, 4.69) is 0 Å².